The molecule has 0 unspecified atom stereocenters. The van der Waals surface area contributed by atoms with Crippen LogP contribution in [0.1, 0.15) is 44.1 Å². The molecule has 88 valence electrons. The molecule has 0 aromatic carbocycles. The van der Waals surface area contributed by atoms with E-state index >= 15 is 0 Å². The van der Waals surface area contributed by atoms with Gasteiger partial charge in [-0.2, -0.15) is 0 Å². The molecule has 1 aromatic heterocycles. The maximum Gasteiger partial charge on any atom is 0.162 e. The lowest BCUT2D eigenvalue weighted by Crippen LogP contribution is -2.38. The minimum absolute atomic E-state index is 0.266. The van der Waals surface area contributed by atoms with Gasteiger partial charge in [-0.3, -0.25) is 0 Å². The molecule has 2 rings (SSSR count). The minimum atomic E-state index is -0.266. The van der Waals surface area contributed by atoms with E-state index in [1.165, 1.54) is 6.42 Å². The zero-order valence-electron chi connectivity index (χ0n) is 9.99. The molecule has 4 heteroatoms. The normalized spacial score (nSPS) is 18.1. The summed E-state index contributed by atoms with van der Waals surface area (Å²) in [5, 5.41) is 0. The van der Waals surface area contributed by atoms with Crippen molar-refractivity contribution in [2.75, 3.05) is 12.8 Å². The second kappa shape index (κ2) is 4.37. The number of nitrogens with two attached hydrogens (primary N) is 1. The summed E-state index contributed by atoms with van der Waals surface area (Å²) in [5.41, 5.74) is 6.57. The Morgan fingerprint density at radius 3 is 2.69 bits per heavy atom. The predicted octanol–water partition coefficient (Wildman–Crippen LogP) is 2.04. The largest absolute Gasteiger partial charge is 0.384 e. The van der Waals surface area contributed by atoms with Crippen LogP contribution >= 0.6 is 0 Å². The van der Waals surface area contributed by atoms with E-state index in [1.54, 1.807) is 7.11 Å². The molecule has 0 saturated heterocycles. The van der Waals surface area contributed by atoms with Crippen molar-refractivity contribution in [3.05, 3.63) is 17.6 Å². The second-order valence-electron chi connectivity index (χ2n) is 4.41. The number of aryl methyl sites for hydroxylation is 1. The van der Waals surface area contributed by atoms with Gasteiger partial charge in [-0.05, 0) is 25.7 Å². The molecule has 1 aromatic rings. The zero-order chi connectivity index (χ0) is 11.6. The molecule has 4 nitrogen and oxygen atoms in total. The Morgan fingerprint density at radius 2 is 2.19 bits per heavy atom. The monoisotopic (exact) mass is 221 g/mol. The van der Waals surface area contributed by atoms with E-state index in [0.717, 1.165) is 37.2 Å². The molecule has 1 saturated carbocycles. The number of ether oxygens (including phenoxy) is 1. The zero-order valence-corrected chi connectivity index (χ0v) is 9.99. The molecule has 1 heterocycles. The number of hydrogen-bond donors (Lipinski definition) is 1. The highest BCUT2D eigenvalue weighted by Gasteiger charge is 2.41. The first-order valence-corrected chi connectivity index (χ1v) is 5.89. The van der Waals surface area contributed by atoms with Crippen molar-refractivity contribution in [3.63, 3.8) is 0 Å². The maximum atomic E-state index is 5.81. The standard InChI is InChI=1S/C12H19N3O/c1-3-5-9-8-10(13)15-11(14-9)12(16-2)6-4-7-12/h8H,3-7H2,1-2H3,(H2,13,14,15). The van der Waals surface area contributed by atoms with Gasteiger partial charge in [0.15, 0.2) is 5.82 Å². The number of methoxy groups -OCH3 is 1. The SMILES string of the molecule is CCCc1cc(N)nc(C2(OC)CCC2)n1. The fourth-order valence-corrected chi connectivity index (χ4v) is 2.12. The molecule has 1 aliphatic rings. The Labute approximate surface area is 96.2 Å². The van der Waals surface area contributed by atoms with Crippen molar-refractivity contribution in [3.8, 4) is 0 Å². The van der Waals surface area contributed by atoms with Gasteiger partial charge in [0.05, 0.1) is 0 Å². The minimum Gasteiger partial charge on any atom is -0.384 e. The van der Waals surface area contributed by atoms with Crippen molar-refractivity contribution >= 4 is 5.82 Å². The summed E-state index contributed by atoms with van der Waals surface area (Å²) in [7, 11) is 1.73. The average Bonchev–Trinajstić information content (AvgIpc) is 2.16. The molecule has 0 aliphatic heterocycles. The summed E-state index contributed by atoms with van der Waals surface area (Å²) in [6.07, 6.45) is 5.18. The van der Waals surface area contributed by atoms with Crippen LogP contribution in [-0.4, -0.2) is 17.1 Å². The van der Waals surface area contributed by atoms with E-state index in [1.807, 2.05) is 6.07 Å². The number of rotatable bonds is 4. The highest BCUT2D eigenvalue weighted by Crippen LogP contribution is 2.42. The van der Waals surface area contributed by atoms with Crippen LogP contribution in [0.3, 0.4) is 0 Å². The van der Waals surface area contributed by atoms with Gasteiger partial charge >= 0.3 is 0 Å². The van der Waals surface area contributed by atoms with Crippen LogP contribution in [0.15, 0.2) is 6.07 Å². The number of anilines is 1. The van der Waals surface area contributed by atoms with Crippen LogP contribution in [0, 0.1) is 0 Å². The van der Waals surface area contributed by atoms with Crippen molar-refractivity contribution in [1.82, 2.24) is 9.97 Å². The first kappa shape index (κ1) is 11.3. The van der Waals surface area contributed by atoms with E-state index in [4.69, 9.17) is 10.5 Å². The summed E-state index contributed by atoms with van der Waals surface area (Å²) in [6, 6.07) is 1.86. The van der Waals surface area contributed by atoms with Crippen LogP contribution in [-0.2, 0) is 16.8 Å². The van der Waals surface area contributed by atoms with Gasteiger partial charge in [0, 0.05) is 18.9 Å². The van der Waals surface area contributed by atoms with E-state index in [2.05, 4.69) is 16.9 Å². The van der Waals surface area contributed by atoms with Crippen molar-refractivity contribution in [1.29, 1.82) is 0 Å². The van der Waals surface area contributed by atoms with Gasteiger partial charge in [0.1, 0.15) is 11.4 Å². The third-order valence-corrected chi connectivity index (χ3v) is 3.26. The fourth-order valence-electron chi connectivity index (χ4n) is 2.12. The van der Waals surface area contributed by atoms with E-state index in [9.17, 15) is 0 Å². The van der Waals surface area contributed by atoms with Gasteiger partial charge in [0.25, 0.3) is 0 Å². The average molecular weight is 221 g/mol. The van der Waals surface area contributed by atoms with Gasteiger partial charge in [-0.15, -0.1) is 0 Å². The maximum absolute atomic E-state index is 5.81. The third-order valence-electron chi connectivity index (χ3n) is 3.26. The van der Waals surface area contributed by atoms with Gasteiger partial charge in [-0.25, -0.2) is 9.97 Å². The summed E-state index contributed by atoms with van der Waals surface area (Å²) in [6.45, 7) is 2.13. The molecule has 2 N–H and O–H groups in total. The van der Waals surface area contributed by atoms with Gasteiger partial charge in [-0.1, -0.05) is 13.3 Å². The topological polar surface area (TPSA) is 61.0 Å². The van der Waals surface area contributed by atoms with Crippen LogP contribution < -0.4 is 5.73 Å². The lowest BCUT2D eigenvalue weighted by Gasteiger charge is -2.38. The predicted molar refractivity (Wildman–Crippen MR) is 63.0 cm³/mol. The number of aromatic nitrogens is 2. The van der Waals surface area contributed by atoms with Crippen molar-refractivity contribution < 1.29 is 4.74 Å². The van der Waals surface area contributed by atoms with Gasteiger partial charge in [0.2, 0.25) is 0 Å². The smallest absolute Gasteiger partial charge is 0.162 e. The highest BCUT2D eigenvalue weighted by molar-refractivity contribution is 5.31. The molecule has 0 amide bonds. The number of nitrogens with zero attached hydrogens (tertiary/aromatic N) is 2. The molecule has 0 bridgehead atoms. The van der Waals surface area contributed by atoms with Crippen LogP contribution in [0.5, 0.6) is 0 Å². The van der Waals surface area contributed by atoms with Crippen LogP contribution in [0.2, 0.25) is 0 Å². The Bertz CT molecular complexity index is 369. The van der Waals surface area contributed by atoms with Gasteiger partial charge < -0.3 is 10.5 Å². The lowest BCUT2D eigenvalue weighted by molar-refractivity contribution is -0.0846. The first-order valence-electron chi connectivity index (χ1n) is 5.89. The van der Waals surface area contributed by atoms with E-state index < -0.39 is 0 Å². The molecule has 0 spiro atoms. The van der Waals surface area contributed by atoms with Crippen molar-refractivity contribution in [2.45, 2.75) is 44.6 Å². The van der Waals surface area contributed by atoms with Crippen molar-refractivity contribution in [2.24, 2.45) is 0 Å². The second-order valence-corrected chi connectivity index (χ2v) is 4.41. The Hall–Kier alpha value is -1.16. The Kier molecular flexibility index (Phi) is 3.10. The molecular weight excluding hydrogens is 202 g/mol. The number of hydrogen-bond acceptors (Lipinski definition) is 4. The molecular formula is C12H19N3O. The summed E-state index contributed by atoms with van der Waals surface area (Å²) in [5.74, 6) is 1.32. The van der Waals surface area contributed by atoms with Crippen LogP contribution in [0.25, 0.3) is 0 Å². The summed E-state index contributed by atoms with van der Waals surface area (Å²) in [4.78, 5) is 8.89. The Balaban J connectivity index is 2.32. The molecule has 16 heavy (non-hydrogen) atoms. The highest BCUT2D eigenvalue weighted by atomic mass is 16.5. The third kappa shape index (κ3) is 1.89. The van der Waals surface area contributed by atoms with Crippen LogP contribution in [0.4, 0.5) is 5.82 Å². The fraction of sp³-hybridized carbons (Fsp3) is 0.667. The summed E-state index contributed by atoms with van der Waals surface area (Å²) < 4.78 is 5.57. The quantitative estimate of drug-likeness (QED) is 0.845. The Morgan fingerprint density at radius 1 is 1.44 bits per heavy atom. The molecule has 1 fully saturated rings. The van der Waals surface area contributed by atoms with E-state index in [-0.39, 0.29) is 5.60 Å². The van der Waals surface area contributed by atoms with E-state index in [0.29, 0.717) is 5.82 Å². The first-order chi connectivity index (χ1) is 7.70. The molecule has 0 atom stereocenters. The number of nitrogen functional groups attached to an aromatic ring is 1. The summed E-state index contributed by atoms with van der Waals surface area (Å²) >= 11 is 0. The molecule has 1 aliphatic carbocycles. The lowest BCUT2D eigenvalue weighted by atomic mass is 9.79. The molecule has 0 radical (unpaired) electrons.